The second-order valence-corrected chi connectivity index (χ2v) is 13.3. The average Bonchev–Trinajstić information content (AvgIpc) is 2.25. The minimum Gasteiger partial charge on any atom is -0.410 e. The summed E-state index contributed by atoms with van der Waals surface area (Å²) >= 11 is 1.40. The van der Waals surface area contributed by atoms with Gasteiger partial charge in [0.05, 0.1) is 6.10 Å². The minimum absolute atomic E-state index is 0.0442. The molecule has 0 aromatic heterocycles. The first-order valence-corrected chi connectivity index (χ1v) is 11.2. The van der Waals surface area contributed by atoms with Crippen LogP contribution in [0.5, 0.6) is 0 Å². The van der Waals surface area contributed by atoms with E-state index in [1.165, 1.54) is 11.8 Å². The predicted molar refractivity (Wildman–Crippen MR) is 90.6 cm³/mol. The summed E-state index contributed by atoms with van der Waals surface area (Å²) in [7, 11) is -1.69. The van der Waals surface area contributed by atoms with Crippen LogP contribution in [0.25, 0.3) is 0 Å². The van der Waals surface area contributed by atoms with E-state index in [0.717, 1.165) is 5.56 Å². The van der Waals surface area contributed by atoms with Crippen LogP contribution < -0.4 is 0 Å². The molecular weight excluding hydrogens is 284 g/mol. The van der Waals surface area contributed by atoms with Gasteiger partial charge in [0.1, 0.15) is 0 Å². The number of hydrogen-bond acceptors (Lipinski definition) is 3. The zero-order chi connectivity index (χ0) is 15.4. The molecule has 1 aromatic carbocycles. The van der Waals surface area contributed by atoms with Crippen molar-refractivity contribution >= 4 is 25.2 Å². The number of hydrogen-bond donors (Lipinski definition) is 0. The molecule has 2 nitrogen and oxygen atoms in total. The number of benzene rings is 1. The molecule has 4 heteroatoms. The van der Waals surface area contributed by atoms with E-state index >= 15 is 0 Å². The normalized spacial score (nSPS) is 14.1. The van der Waals surface area contributed by atoms with Gasteiger partial charge in [-0.2, -0.15) is 0 Å². The zero-order valence-corrected chi connectivity index (χ0v) is 15.2. The minimum atomic E-state index is -1.69. The second kappa shape index (κ2) is 6.92. The molecule has 0 aliphatic carbocycles. The fourth-order valence-electron chi connectivity index (χ4n) is 1.86. The Morgan fingerprint density at radius 1 is 1.20 bits per heavy atom. The summed E-state index contributed by atoms with van der Waals surface area (Å²) in [6, 6.07) is 10.1. The summed E-state index contributed by atoms with van der Waals surface area (Å²) in [4.78, 5) is 12.2. The lowest BCUT2D eigenvalue weighted by Gasteiger charge is -2.27. The van der Waals surface area contributed by atoms with Crippen LogP contribution in [-0.4, -0.2) is 18.2 Å². The van der Waals surface area contributed by atoms with Gasteiger partial charge in [-0.1, -0.05) is 62.9 Å². The van der Waals surface area contributed by atoms with E-state index in [-0.39, 0.29) is 16.0 Å². The summed E-state index contributed by atoms with van der Waals surface area (Å²) in [6.45, 7) is 12.7. The van der Waals surface area contributed by atoms with Gasteiger partial charge in [-0.3, -0.25) is 4.79 Å². The van der Waals surface area contributed by atoms with Gasteiger partial charge in [-0.05, 0) is 25.2 Å². The molecule has 0 fully saturated rings. The van der Waals surface area contributed by atoms with E-state index in [2.05, 4.69) is 40.4 Å². The van der Waals surface area contributed by atoms with Gasteiger partial charge in [-0.15, -0.1) is 0 Å². The summed E-state index contributed by atoms with van der Waals surface area (Å²) in [5.74, 6) is 0. The van der Waals surface area contributed by atoms with Crippen molar-refractivity contribution in [1.29, 1.82) is 0 Å². The van der Waals surface area contributed by atoms with Crippen molar-refractivity contribution < 1.29 is 9.22 Å². The van der Waals surface area contributed by atoms with Gasteiger partial charge in [0.15, 0.2) is 13.4 Å². The number of thioether (sulfide) groups is 1. The molecule has 0 amide bonds. The lowest BCUT2D eigenvalue weighted by atomic mass is 10.1. The Balaban J connectivity index is 2.82. The van der Waals surface area contributed by atoms with Crippen molar-refractivity contribution in [3.63, 3.8) is 0 Å². The van der Waals surface area contributed by atoms with Crippen LogP contribution in [0.4, 0.5) is 0 Å². The Labute approximate surface area is 128 Å². The monoisotopic (exact) mass is 310 g/mol. The summed E-state index contributed by atoms with van der Waals surface area (Å²) in [5.41, 5.74) is 1.10. The van der Waals surface area contributed by atoms with E-state index in [4.69, 9.17) is 4.43 Å². The fraction of sp³-hybridized carbons (Fsp3) is 0.562. The van der Waals surface area contributed by atoms with Crippen molar-refractivity contribution in [1.82, 2.24) is 0 Å². The van der Waals surface area contributed by atoms with Crippen LogP contribution in [-0.2, 0) is 9.22 Å². The third kappa shape index (κ3) is 7.27. The molecule has 1 atom stereocenters. The molecule has 0 aliphatic heterocycles. The Hall–Kier alpha value is -0.583. The van der Waals surface area contributed by atoms with Gasteiger partial charge in [0, 0.05) is 11.2 Å². The smallest absolute Gasteiger partial charge is 0.192 e. The maximum absolute atomic E-state index is 12.2. The maximum Gasteiger partial charge on any atom is 0.192 e. The molecule has 0 saturated heterocycles. The van der Waals surface area contributed by atoms with Crippen LogP contribution in [0.1, 0.15) is 38.9 Å². The van der Waals surface area contributed by atoms with Crippen LogP contribution in [0.3, 0.4) is 0 Å². The van der Waals surface area contributed by atoms with Gasteiger partial charge in [-0.25, -0.2) is 0 Å². The molecular formula is C16H26O2SSi. The molecule has 0 heterocycles. The Kier molecular flexibility index (Phi) is 6.04. The maximum atomic E-state index is 12.2. The van der Waals surface area contributed by atoms with E-state index < -0.39 is 8.32 Å². The quantitative estimate of drug-likeness (QED) is 0.714. The van der Waals surface area contributed by atoms with Gasteiger partial charge in [0.25, 0.3) is 0 Å². The first kappa shape index (κ1) is 17.5. The van der Waals surface area contributed by atoms with E-state index in [1.54, 1.807) is 0 Å². The van der Waals surface area contributed by atoms with E-state index in [0.29, 0.717) is 6.42 Å². The molecule has 0 N–H and O–H groups in total. The van der Waals surface area contributed by atoms with Crippen LogP contribution in [0.2, 0.25) is 19.6 Å². The van der Waals surface area contributed by atoms with Crippen LogP contribution in [0.15, 0.2) is 30.3 Å². The molecule has 1 rings (SSSR count). The first-order chi connectivity index (χ1) is 9.07. The fourth-order valence-corrected chi connectivity index (χ4v) is 3.85. The Morgan fingerprint density at radius 2 is 1.75 bits per heavy atom. The molecule has 0 saturated carbocycles. The lowest BCUT2D eigenvalue weighted by Crippen LogP contribution is -2.29. The summed E-state index contributed by atoms with van der Waals surface area (Å²) < 4.78 is 6.17. The molecule has 1 unspecified atom stereocenters. The van der Waals surface area contributed by atoms with Crippen molar-refractivity contribution in [2.75, 3.05) is 0 Å². The standard InChI is InChI=1S/C16H26O2SSi/c1-16(2,3)19-15(17)12-14(18-20(4,5)6)13-10-8-7-9-11-13/h7-11,14H,12H2,1-6H3. The molecule has 0 bridgehead atoms. The highest BCUT2D eigenvalue weighted by atomic mass is 32.2. The lowest BCUT2D eigenvalue weighted by molar-refractivity contribution is -0.112. The first-order valence-electron chi connectivity index (χ1n) is 7.01. The number of carbonyl (C=O) groups excluding carboxylic acids is 1. The molecule has 20 heavy (non-hydrogen) atoms. The Morgan fingerprint density at radius 3 is 2.20 bits per heavy atom. The molecule has 0 spiro atoms. The van der Waals surface area contributed by atoms with Crippen molar-refractivity contribution in [2.24, 2.45) is 0 Å². The third-order valence-corrected chi connectivity index (χ3v) is 4.44. The van der Waals surface area contributed by atoms with Gasteiger partial charge >= 0.3 is 0 Å². The highest BCUT2D eigenvalue weighted by Gasteiger charge is 2.26. The highest BCUT2D eigenvalue weighted by Crippen LogP contribution is 2.31. The second-order valence-electron chi connectivity index (χ2n) is 6.92. The van der Waals surface area contributed by atoms with E-state index in [1.807, 2.05) is 30.3 Å². The van der Waals surface area contributed by atoms with Crippen LogP contribution in [0, 0.1) is 0 Å². The predicted octanol–water partition coefficient (Wildman–Crippen LogP) is 5.03. The van der Waals surface area contributed by atoms with Crippen molar-refractivity contribution in [3.8, 4) is 0 Å². The topological polar surface area (TPSA) is 26.3 Å². The number of rotatable bonds is 5. The number of carbonyl (C=O) groups is 1. The van der Waals surface area contributed by atoms with Gasteiger partial charge < -0.3 is 4.43 Å². The third-order valence-electron chi connectivity index (χ3n) is 2.44. The van der Waals surface area contributed by atoms with E-state index in [9.17, 15) is 4.79 Å². The molecule has 0 aliphatic rings. The summed E-state index contributed by atoms with van der Waals surface area (Å²) in [6.07, 6.45) is 0.321. The summed E-state index contributed by atoms with van der Waals surface area (Å²) in [5, 5.41) is 0.199. The van der Waals surface area contributed by atoms with Crippen molar-refractivity contribution in [2.45, 2.75) is 57.7 Å². The van der Waals surface area contributed by atoms with Crippen molar-refractivity contribution in [3.05, 3.63) is 35.9 Å². The van der Waals surface area contributed by atoms with Gasteiger partial charge in [0.2, 0.25) is 0 Å². The SMILES string of the molecule is CC(C)(C)SC(=O)CC(O[Si](C)(C)C)c1ccccc1. The molecule has 0 radical (unpaired) electrons. The zero-order valence-electron chi connectivity index (χ0n) is 13.4. The van der Waals surface area contributed by atoms with Crippen LogP contribution >= 0.6 is 11.8 Å². The highest BCUT2D eigenvalue weighted by molar-refractivity contribution is 8.14. The Bertz CT molecular complexity index is 432. The average molecular weight is 311 g/mol. The largest absolute Gasteiger partial charge is 0.410 e. The molecule has 1 aromatic rings. The molecule has 112 valence electrons.